The van der Waals surface area contributed by atoms with Crippen molar-refractivity contribution in [3.63, 3.8) is 0 Å². The van der Waals surface area contributed by atoms with Gasteiger partial charge in [-0.1, -0.05) is 13.8 Å². The lowest BCUT2D eigenvalue weighted by Crippen LogP contribution is -2.33. The first-order valence-corrected chi connectivity index (χ1v) is 6.77. The molecule has 2 N–H and O–H groups in total. The molecule has 0 aliphatic rings. The fourth-order valence-electron chi connectivity index (χ4n) is 1.11. The summed E-state index contributed by atoms with van der Waals surface area (Å²) in [4.78, 5) is 11.5. The topological polar surface area (TPSA) is 83.8 Å². The van der Waals surface area contributed by atoms with Crippen LogP contribution in [-0.2, 0) is 20.3 Å². The van der Waals surface area contributed by atoms with Crippen LogP contribution in [0, 0.1) is 0 Å². The van der Waals surface area contributed by atoms with Crippen molar-refractivity contribution in [2.75, 3.05) is 19.0 Å². The third-order valence-electron chi connectivity index (χ3n) is 1.97. The molecule has 0 aliphatic heterocycles. The molecular weight excluding hydrogens is 232 g/mol. The zero-order valence-corrected chi connectivity index (χ0v) is 10.5. The number of carbonyl (C=O) groups excluding carboxylic acids is 1. The van der Waals surface area contributed by atoms with Gasteiger partial charge in [-0.15, -0.1) is 0 Å². The zero-order valence-electron chi connectivity index (χ0n) is 9.72. The number of aliphatic hydroxyl groups is 2. The standard InChI is InChI=1S/C10H20O5S/c1-3-5-15-10(13)9(4-2)16(14)7-8(12)6-11/h8-9,11-12H,3-7H2,1-2H3. The molecule has 5 nitrogen and oxygen atoms in total. The number of hydrogen-bond donors (Lipinski definition) is 2. The van der Waals surface area contributed by atoms with Crippen molar-refractivity contribution in [1.82, 2.24) is 0 Å². The average Bonchev–Trinajstić information content (AvgIpc) is 2.26. The van der Waals surface area contributed by atoms with E-state index < -0.39 is 34.7 Å². The minimum atomic E-state index is -1.51. The molecular formula is C10H20O5S. The van der Waals surface area contributed by atoms with Gasteiger partial charge in [0.05, 0.1) is 25.1 Å². The summed E-state index contributed by atoms with van der Waals surface area (Å²) in [5.41, 5.74) is 0. The van der Waals surface area contributed by atoms with E-state index in [1.165, 1.54) is 0 Å². The lowest BCUT2D eigenvalue weighted by molar-refractivity contribution is -0.143. The minimum absolute atomic E-state index is 0.101. The van der Waals surface area contributed by atoms with Gasteiger partial charge in [-0.2, -0.15) is 0 Å². The molecule has 0 aromatic heterocycles. The smallest absolute Gasteiger partial charge is 0.321 e. The van der Waals surface area contributed by atoms with E-state index in [0.717, 1.165) is 0 Å². The largest absolute Gasteiger partial charge is 0.465 e. The van der Waals surface area contributed by atoms with E-state index in [0.29, 0.717) is 19.4 Å². The molecule has 0 saturated heterocycles. The molecule has 0 aromatic carbocycles. The van der Waals surface area contributed by atoms with E-state index in [1.54, 1.807) is 6.92 Å². The van der Waals surface area contributed by atoms with E-state index in [2.05, 4.69) is 0 Å². The molecule has 0 aromatic rings. The first-order chi connectivity index (χ1) is 7.56. The van der Waals surface area contributed by atoms with Crippen LogP contribution in [0.3, 0.4) is 0 Å². The Kier molecular flexibility index (Phi) is 8.42. The Morgan fingerprint density at radius 3 is 2.50 bits per heavy atom. The lowest BCUT2D eigenvalue weighted by atomic mass is 10.3. The lowest BCUT2D eigenvalue weighted by Gasteiger charge is -2.15. The minimum Gasteiger partial charge on any atom is -0.465 e. The first-order valence-electron chi connectivity index (χ1n) is 5.39. The molecule has 0 heterocycles. The van der Waals surface area contributed by atoms with E-state index in [1.807, 2.05) is 6.92 Å². The molecule has 96 valence electrons. The summed E-state index contributed by atoms with van der Waals surface area (Å²) < 4.78 is 16.6. The van der Waals surface area contributed by atoms with Gasteiger partial charge in [0.1, 0.15) is 5.25 Å². The molecule has 0 amide bonds. The highest BCUT2D eigenvalue weighted by atomic mass is 32.2. The summed E-state index contributed by atoms with van der Waals surface area (Å²) >= 11 is 0. The Bertz CT molecular complexity index is 231. The van der Waals surface area contributed by atoms with Gasteiger partial charge in [0, 0.05) is 10.8 Å². The Balaban J connectivity index is 4.25. The second kappa shape index (κ2) is 8.66. The highest BCUT2D eigenvalue weighted by molar-refractivity contribution is 7.86. The van der Waals surface area contributed by atoms with E-state index in [-0.39, 0.29) is 5.75 Å². The third-order valence-corrected chi connectivity index (χ3v) is 3.84. The zero-order chi connectivity index (χ0) is 12.6. The van der Waals surface area contributed by atoms with Gasteiger partial charge in [-0.3, -0.25) is 9.00 Å². The number of aliphatic hydroxyl groups excluding tert-OH is 2. The van der Waals surface area contributed by atoms with Crippen LogP contribution in [0.15, 0.2) is 0 Å². The van der Waals surface area contributed by atoms with Crippen LogP contribution in [0.1, 0.15) is 26.7 Å². The fraction of sp³-hybridized carbons (Fsp3) is 0.900. The number of rotatable bonds is 8. The van der Waals surface area contributed by atoms with Crippen molar-refractivity contribution in [2.45, 2.75) is 38.0 Å². The number of carbonyl (C=O) groups is 1. The Hall–Kier alpha value is -0.460. The van der Waals surface area contributed by atoms with Crippen molar-refractivity contribution >= 4 is 16.8 Å². The third kappa shape index (κ3) is 5.58. The van der Waals surface area contributed by atoms with Crippen LogP contribution >= 0.6 is 0 Å². The van der Waals surface area contributed by atoms with Gasteiger partial charge in [-0.25, -0.2) is 0 Å². The SMILES string of the molecule is CCCOC(=O)C(CC)S(=O)CC(O)CO. The fourth-order valence-corrected chi connectivity index (χ4v) is 2.49. The van der Waals surface area contributed by atoms with Crippen molar-refractivity contribution in [2.24, 2.45) is 0 Å². The molecule has 3 unspecified atom stereocenters. The van der Waals surface area contributed by atoms with Crippen LogP contribution in [0.25, 0.3) is 0 Å². The highest BCUT2D eigenvalue weighted by Crippen LogP contribution is 2.07. The maximum Gasteiger partial charge on any atom is 0.321 e. The van der Waals surface area contributed by atoms with Crippen LogP contribution in [0.4, 0.5) is 0 Å². The molecule has 0 rings (SSSR count). The van der Waals surface area contributed by atoms with Crippen LogP contribution < -0.4 is 0 Å². The van der Waals surface area contributed by atoms with Gasteiger partial charge in [0.15, 0.2) is 0 Å². The van der Waals surface area contributed by atoms with E-state index >= 15 is 0 Å². The van der Waals surface area contributed by atoms with Crippen molar-refractivity contribution in [3.05, 3.63) is 0 Å². The van der Waals surface area contributed by atoms with Gasteiger partial charge in [0.25, 0.3) is 0 Å². The molecule has 0 aliphatic carbocycles. The van der Waals surface area contributed by atoms with Gasteiger partial charge in [0.2, 0.25) is 0 Å². The van der Waals surface area contributed by atoms with Gasteiger partial charge < -0.3 is 14.9 Å². The number of esters is 1. The Morgan fingerprint density at radius 1 is 1.44 bits per heavy atom. The number of ether oxygens (including phenoxy) is 1. The van der Waals surface area contributed by atoms with E-state index in [4.69, 9.17) is 14.9 Å². The maximum atomic E-state index is 11.7. The second-order valence-electron chi connectivity index (χ2n) is 3.45. The summed E-state index contributed by atoms with van der Waals surface area (Å²) in [7, 11) is -1.51. The van der Waals surface area contributed by atoms with Crippen LogP contribution in [0.2, 0.25) is 0 Å². The summed E-state index contributed by atoms with van der Waals surface area (Å²) in [6, 6.07) is 0. The summed E-state index contributed by atoms with van der Waals surface area (Å²) in [6.45, 7) is 3.48. The second-order valence-corrected chi connectivity index (χ2v) is 5.11. The molecule has 0 fully saturated rings. The monoisotopic (exact) mass is 252 g/mol. The Morgan fingerprint density at radius 2 is 2.06 bits per heavy atom. The average molecular weight is 252 g/mol. The maximum absolute atomic E-state index is 11.7. The quantitative estimate of drug-likeness (QED) is 0.585. The Labute approximate surface area is 98.3 Å². The predicted octanol–water partition coefficient (Wildman–Crippen LogP) is -0.180. The first kappa shape index (κ1) is 15.5. The van der Waals surface area contributed by atoms with Crippen molar-refractivity contribution in [1.29, 1.82) is 0 Å². The van der Waals surface area contributed by atoms with Crippen LogP contribution in [0.5, 0.6) is 0 Å². The van der Waals surface area contributed by atoms with Crippen molar-refractivity contribution in [3.8, 4) is 0 Å². The molecule has 6 heteroatoms. The highest BCUT2D eigenvalue weighted by Gasteiger charge is 2.26. The molecule has 16 heavy (non-hydrogen) atoms. The molecule has 3 atom stereocenters. The molecule has 0 spiro atoms. The van der Waals surface area contributed by atoms with Crippen LogP contribution in [-0.4, -0.2) is 50.7 Å². The summed E-state index contributed by atoms with van der Waals surface area (Å²) in [6.07, 6.45) is 0.0651. The molecule has 0 saturated carbocycles. The van der Waals surface area contributed by atoms with E-state index in [9.17, 15) is 9.00 Å². The normalized spacial score (nSPS) is 16.5. The van der Waals surface area contributed by atoms with Gasteiger partial charge in [-0.05, 0) is 12.8 Å². The summed E-state index contributed by atoms with van der Waals surface area (Å²) in [5.74, 6) is -0.594. The molecule has 0 radical (unpaired) electrons. The predicted molar refractivity (Wildman–Crippen MR) is 61.4 cm³/mol. The summed E-state index contributed by atoms with van der Waals surface area (Å²) in [5, 5.41) is 17.0. The van der Waals surface area contributed by atoms with Crippen molar-refractivity contribution < 1.29 is 24.0 Å². The number of hydrogen-bond acceptors (Lipinski definition) is 5. The van der Waals surface area contributed by atoms with Gasteiger partial charge >= 0.3 is 5.97 Å². The molecule has 0 bridgehead atoms.